The Morgan fingerprint density at radius 1 is 1.19 bits per heavy atom. The first-order chi connectivity index (χ1) is 15.3. The summed E-state index contributed by atoms with van der Waals surface area (Å²) in [4.78, 5) is 7.13. The SMILES string of the molecule is C=C(C)CCC(C(=C)C)C1Cc2cc(C3CCN(CC4=CC(C)=NC4)CC3)ccc2C1=C. The molecule has 3 aliphatic rings. The molecule has 1 aromatic carbocycles. The number of benzene rings is 1. The number of rotatable bonds is 8. The van der Waals surface area contributed by atoms with E-state index in [1.807, 2.05) is 0 Å². The molecule has 1 saturated heterocycles. The molecular weight excluding hydrogens is 388 g/mol. The van der Waals surface area contributed by atoms with Crippen molar-refractivity contribution in [2.24, 2.45) is 16.8 Å². The highest BCUT2D eigenvalue weighted by atomic mass is 15.1. The molecule has 0 aromatic heterocycles. The summed E-state index contributed by atoms with van der Waals surface area (Å²) in [6.45, 7) is 23.7. The molecule has 2 aliphatic heterocycles. The number of hydrogen-bond donors (Lipinski definition) is 0. The second kappa shape index (κ2) is 9.75. The van der Waals surface area contributed by atoms with Crippen LogP contribution < -0.4 is 0 Å². The first-order valence-electron chi connectivity index (χ1n) is 12.4. The van der Waals surface area contributed by atoms with Gasteiger partial charge >= 0.3 is 0 Å². The van der Waals surface area contributed by atoms with E-state index in [0.717, 1.165) is 32.4 Å². The molecule has 0 spiro atoms. The van der Waals surface area contributed by atoms with E-state index in [1.165, 1.54) is 70.6 Å². The summed E-state index contributed by atoms with van der Waals surface area (Å²) >= 11 is 0. The Labute approximate surface area is 195 Å². The van der Waals surface area contributed by atoms with Gasteiger partial charge in [-0.25, -0.2) is 0 Å². The monoisotopic (exact) mass is 428 g/mol. The topological polar surface area (TPSA) is 15.6 Å². The molecular formula is C30H40N2. The van der Waals surface area contributed by atoms with E-state index in [2.05, 4.69) is 74.7 Å². The average Bonchev–Trinajstić information content (AvgIpc) is 3.31. The van der Waals surface area contributed by atoms with E-state index in [9.17, 15) is 0 Å². The molecule has 0 N–H and O–H groups in total. The summed E-state index contributed by atoms with van der Waals surface area (Å²) in [5, 5.41) is 0. The van der Waals surface area contributed by atoms with E-state index in [4.69, 9.17) is 0 Å². The van der Waals surface area contributed by atoms with Gasteiger partial charge in [0.15, 0.2) is 0 Å². The summed E-state index contributed by atoms with van der Waals surface area (Å²) in [7, 11) is 0. The van der Waals surface area contributed by atoms with E-state index < -0.39 is 0 Å². The maximum Gasteiger partial charge on any atom is 0.0618 e. The molecule has 2 unspecified atom stereocenters. The molecule has 0 radical (unpaired) electrons. The molecule has 2 heterocycles. The standard InChI is InChI=1S/C30H40N2/c1-20(2)7-9-28(21(3)4)30-17-27-16-26(8-10-29(27)23(30)6)25-11-13-32(14-12-25)19-24-15-22(5)31-18-24/h8,10,15-16,25,28,30H,1,3,6-7,9,11-14,17-19H2,2,4-5H3. The molecule has 1 fully saturated rings. The molecule has 170 valence electrons. The highest BCUT2D eigenvalue weighted by molar-refractivity contribution is 5.95. The molecule has 4 rings (SSSR count). The van der Waals surface area contributed by atoms with Gasteiger partial charge in [-0.2, -0.15) is 0 Å². The van der Waals surface area contributed by atoms with Crippen LogP contribution in [-0.2, 0) is 6.42 Å². The molecule has 1 aromatic rings. The lowest BCUT2D eigenvalue weighted by Crippen LogP contribution is -2.34. The van der Waals surface area contributed by atoms with Crippen LogP contribution in [0.2, 0.25) is 0 Å². The normalized spacial score (nSPS) is 22.5. The van der Waals surface area contributed by atoms with Gasteiger partial charge in [0, 0.05) is 12.3 Å². The van der Waals surface area contributed by atoms with Crippen molar-refractivity contribution in [3.05, 3.63) is 77.4 Å². The van der Waals surface area contributed by atoms with Crippen molar-refractivity contribution in [2.75, 3.05) is 26.2 Å². The zero-order chi connectivity index (χ0) is 22.8. The largest absolute Gasteiger partial charge is 0.299 e. The quantitative estimate of drug-likeness (QED) is 0.407. The minimum absolute atomic E-state index is 0.490. The van der Waals surface area contributed by atoms with Gasteiger partial charge in [-0.05, 0) is 118 Å². The Hall–Kier alpha value is -2.19. The summed E-state index contributed by atoms with van der Waals surface area (Å²) in [5.41, 5.74) is 11.0. The summed E-state index contributed by atoms with van der Waals surface area (Å²) in [5.74, 6) is 1.67. The molecule has 2 nitrogen and oxygen atoms in total. The van der Waals surface area contributed by atoms with Gasteiger partial charge in [-0.1, -0.05) is 42.5 Å². The van der Waals surface area contributed by atoms with Crippen molar-refractivity contribution in [1.29, 1.82) is 0 Å². The second-order valence-corrected chi connectivity index (χ2v) is 10.5. The van der Waals surface area contributed by atoms with Gasteiger partial charge in [-0.15, -0.1) is 6.58 Å². The first-order valence-corrected chi connectivity index (χ1v) is 12.4. The van der Waals surface area contributed by atoms with Crippen LogP contribution in [0.1, 0.15) is 69.1 Å². The smallest absolute Gasteiger partial charge is 0.0618 e. The van der Waals surface area contributed by atoms with Crippen LogP contribution in [0.5, 0.6) is 0 Å². The predicted octanol–water partition coefficient (Wildman–Crippen LogP) is 7.00. The van der Waals surface area contributed by atoms with Crippen LogP contribution in [-0.4, -0.2) is 36.8 Å². The maximum atomic E-state index is 4.53. The highest BCUT2D eigenvalue weighted by Crippen LogP contribution is 2.45. The third-order valence-electron chi connectivity index (χ3n) is 7.79. The third-order valence-corrected chi connectivity index (χ3v) is 7.79. The second-order valence-electron chi connectivity index (χ2n) is 10.5. The molecule has 2 atom stereocenters. The Kier molecular flexibility index (Phi) is 7.00. The van der Waals surface area contributed by atoms with Crippen LogP contribution in [0, 0.1) is 11.8 Å². The Bertz CT molecular complexity index is 969. The van der Waals surface area contributed by atoms with E-state index in [0.29, 0.717) is 17.8 Å². The minimum atomic E-state index is 0.490. The van der Waals surface area contributed by atoms with Crippen molar-refractivity contribution in [3.8, 4) is 0 Å². The highest BCUT2D eigenvalue weighted by Gasteiger charge is 2.33. The van der Waals surface area contributed by atoms with Crippen molar-refractivity contribution in [2.45, 2.75) is 58.8 Å². The van der Waals surface area contributed by atoms with Crippen LogP contribution in [0.4, 0.5) is 0 Å². The maximum absolute atomic E-state index is 4.53. The van der Waals surface area contributed by atoms with Gasteiger partial charge in [0.1, 0.15) is 0 Å². The fourth-order valence-electron chi connectivity index (χ4n) is 5.91. The fourth-order valence-corrected chi connectivity index (χ4v) is 5.91. The predicted molar refractivity (Wildman–Crippen MR) is 139 cm³/mol. The first kappa shape index (κ1) is 23.0. The van der Waals surface area contributed by atoms with Gasteiger partial charge in [0.05, 0.1) is 6.54 Å². The van der Waals surface area contributed by atoms with Gasteiger partial charge < -0.3 is 0 Å². The number of piperidine rings is 1. The van der Waals surface area contributed by atoms with E-state index in [1.54, 1.807) is 0 Å². The van der Waals surface area contributed by atoms with E-state index in [-0.39, 0.29) is 0 Å². The molecule has 32 heavy (non-hydrogen) atoms. The molecule has 0 saturated carbocycles. The minimum Gasteiger partial charge on any atom is -0.299 e. The lowest BCUT2D eigenvalue weighted by molar-refractivity contribution is 0.228. The number of likely N-dealkylation sites (tertiary alicyclic amines) is 1. The third kappa shape index (κ3) is 5.07. The van der Waals surface area contributed by atoms with Crippen LogP contribution in [0.3, 0.4) is 0 Å². The summed E-state index contributed by atoms with van der Waals surface area (Å²) in [6.07, 6.45) is 8.10. The van der Waals surface area contributed by atoms with Crippen molar-refractivity contribution >= 4 is 11.3 Å². The van der Waals surface area contributed by atoms with Crippen LogP contribution in [0.25, 0.3) is 5.57 Å². The van der Waals surface area contributed by atoms with Crippen molar-refractivity contribution < 1.29 is 0 Å². The zero-order valence-electron chi connectivity index (χ0n) is 20.4. The number of hydrogen-bond acceptors (Lipinski definition) is 2. The van der Waals surface area contributed by atoms with Crippen molar-refractivity contribution in [3.63, 3.8) is 0 Å². The molecule has 0 bridgehead atoms. The van der Waals surface area contributed by atoms with Gasteiger partial charge in [-0.3, -0.25) is 9.89 Å². The van der Waals surface area contributed by atoms with Crippen molar-refractivity contribution in [1.82, 2.24) is 4.90 Å². The number of fused-ring (bicyclic) bond motifs is 1. The lowest BCUT2D eigenvalue weighted by atomic mass is 9.79. The Balaban J connectivity index is 1.39. The van der Waals surface area contributed by atoms with Gasteiger partial charge in [0.2, 0.25) is 0 Å². The number of aliphatic imine (C=N–C) groups is 1. The van der Waals surface area contributed by atoms with Gasteiger partial charge in [0.25, 0.3) is 0 Å². The fraction of sp³-hybridized carbons (Fsp3) is 0.500. The number of nitrogens with zero attached hydrogens (tertiary/aromatic N) is 2. The van der Waals surface area contributed by atoms with Crippen LogP contribution in [0.15, 0.2) is 65.7 Å². The summed E-state index contributed by atoms with van der Waals surface area (Å²) in [6, 6.07) is 7.25. The van der Waals surface area contributed by atoms with Crippen LogP contribution >= 0.6 is 0 Å². The lowest BCUT2D eigenvalue weighted by Gasteiger charge is -2.32. The number of allylic oxidation sites excluding steroid dienone is 4. The average molecular weight is 429 g/mol. The Morgan fingerprint density at radius 3 is 2.56 bits per heavy atom. The zero-order valence-corrected chi connectivity index (χ0v) is 20.4. The van der Waals surface area contributed by atoms with E-state index >= 15 is 0 Å². The molecule has 2 heteroatoms. The molecule has 0 amide bonds. The molecule has 1 aliphatic carbocycles. The summed E-state index contributed by atoms with van der Waals surface area (Å²) < 4.78 is 0. The Morgan fingerprint density at radius 2 is 1.94 bits per heavy atom.